The number of pyridine rings is 1. The number of nitriles is 1. The third kappa shape index (κ3) is 1.69. The summed E-state index contributed by atoms with van der Waals surface area (Å²) in [6, 6.07) is 1.93. The molecule has 0 bridgehead atoms. The van der Waals surface area contributed by atoms with Crippen LogP contribution in [-0.4, -0.2) is 4.98 Å². The number of halogens is 3. The molecule has 0 aromatic carbocycles. The first-order chi connectivity index (χ1) is 6.06. The van der Waals surface area contributed by atoms with E-state index >= 15 is 0 Å². The number of rotatable bonds is 1. The van der Waals surface area contributed by atoms with E-state index in [0.717, 1.165) is 0 Å². The van der Waals surface area contributed by atoms with Gasteiger partial charge in [0.25, 0.3) is 6.43 Å². The van der Waals surface area contributed by atoms with Crippen molar-refractivity contribution in [1.82, 2.24) is 4.98 Å². The normalized spacial score (nSPS) is 10.1. The maximum atomic E-state index is 12.8. The quantitative estimate of drug-likeness (QED) is 0.722. The molecule has 6 heteroatoms. The highest BCUT2D eigenvalue weighted by atomic mass is 19.3. The molecule has 0 atom stereocenters. The van der Waals surface area contributed by atoms with Crippen LogP contribution in [0.4, 0.5) is 13.2 Å². The molecule has 0 saturated heterocycles. The van der Waals surface area contributed by atoms with Crippen molar-refractivity contribution in [2.45, 2.75) is 6.43 Å². The molecule has 0 saturated carbocycles. The summed E-state index contributed by atoms with van der Waals surface area (Å²) in [4.78, 5) is 12.2. The van der Waals surface area contributed by atoms with E-state index in [0.29, 0.717) is 6.07 Å². The number of aromatic amines is 1. The lowest BCUT2D eigenvalue weighted by molar-refractivity contribution is 0.140. The lowest BCUT2D eigenvalue weighted by Gasteiger charge is -2.01. The van der Waals surface area contributed by atoms with Gasteiger partial charge in [-0.1, -0.05) is 0 Å². The Morgan fingerprint density at radius 3 is 2.62 bits per heavy atom. The summed E-state index contributed by atoms with van der Waals surface area (Å²) in [6.07, 6.45) is -3.14. The Morgan fingerprint density at radius 2 is 2.15 bits per heavy atom. The third-order valence-electron chi connectivity index (χ3n) is 1.34. The Bertz CT molecular complexity index is 419. The Kier molecular flexibility index (Phi) is 2.37. The van der Waals surface area contributed by atoms with Gasteiger partial charge >= 0.3 is 0 Å². The Labute approximate surface area is 70.4 Å². The zero-order valence-electron chi connectivity index (χ0n) is 6.14. The number of H-pyrrole nitrogens is 1. The summed E-state index contributed by atoms with van der Waals surface area (Å²) in [5.41, 5.74) is -2.75. The molecule has 0 unspecified atom stereocenters. The first kappa shape index (κ1) is 9.32. The minimum absolute atomic E-state index is 0.626. The van der Waals surface area contributed by atoms with E-state index in [1.54, 1.807) is 4.98 Å². The smallest absolute Gasteiger partial charge is 0.281 e. The van der Waals surface area contributed by atoms with Gasteiger partial charge in [-0.05, 0) is 0 Å². The van der Waals surface area contributed by atoms with Crippen molar-refractivity contribution in [3.05, 3.63) is 33.5 Å². The van der Waals surface area contributed by atoms with Gasteiger partial charge in [0.1, 0.15) is 11.8 Å². The molecule has 68 valence electrons. The third-order valence-corrected chi connectivity index (χ3v) is 1.34. The number of nitrogens with zero attached hydrogens (tertiary/aromatic N) is 1. The standard InChI is InChI=1S/C7H3F3N2O/c8-5-3(2-11)1-4(13)12-6(5)7(9)10/h1,7H,(H,12,13). The van der Waals surface area contributed by atoms with Crippen LogP contribution in [0.1, 0.15) is 17.7 Å². The van der Waals surface area contributed by atoms with Crippen LogP contribution in [0.5, 0.6) is 0 Å². The number of aromatic nitrogens is 1. The van der Waals surface area contributed by atoms with Crippen LogP contribution in [0.15, 0.2) is 10.9 Å². The molecule has 3 nitrogen and oxygen atoms in total. The molecule has 1 aromatic rings. The Hall–Kier alpha value is -1.77. The fourth-order valence-corrected chi connectivity index (χ4v) is 0.795. The van der Waals surface area contributed by atoms with Crippen LogP contribution in [0, 0.1) is 17.1 Å². The van der Waals surface area contributed by atoms with Gasteiger partial charge in [-0.3, -0.25) is 4.79 Å². The van der Waals surface area contributed by atoms with Gasteiger partial charge < -0.3 is 4.98 Å². The first-order valence-electron chi connectivity index (χ1n) is 3.17. The van der Waals surface area contributed by atoms with Crippen molar-refractivity contribution in [2.24, 2.45) is 0 Å². The fraction of sp³-hybridized carbons (Fsp3) is 0.143. The highest BCUT2D eigenvalue weighted by Crippen LogP contribution is 2.19. The minimum Gasteiger partial charge on any atom is -0.319 e. The summed E-state index contributed by atoms with van der Waals surface area (Å²) in [6.45, 7) is 0. The van der Waals surface area contributed by atoms with Gasteiger partial charge in [0.15, 0.2) is 5.82 Å². The minimum atomic E-state index is -3.14. The molecule has 0 fully saturated rings. The summed E-state index contributed by atoms with van der Waals surface area (Å²) in [5.74, 6) is -1.38. The van der Waals surface area contributed by atoms with Crippen molar-refractivity contribution in [2.75, 3.05) is 0 Å². The summed E-state index contributed by atoms with van der Waals surface area (Å²) in [7, 11) is 0. The molecule has 1 rings (SSSR count). The van der Waals surface area contributed by atoms with E-state index < -0.39 is 29.1 Å². The van der Waals surface area contributed by atoms with E-state index in [9.17, 15) is 18.0 Å². The maximum Gasteiger partial charge on any atom is 0.281 e. The number of hydrogen-bond donors (Lipinski definition) is 1. The van der Waals surface area contributed by atoms with Gasteiger partial charge in [0.05, 0.1) is 5.56 Å². The van der Waals surface area contributed by atoms with Crippen LogP contribution in [0.3, 0.4) is 0 Å². The fourth-order valence-electron chi connectivity index (χ4n) is 0.795. The molecular formula is C7H3F3N2O. The maximum absolute atomic E-state index is 12.8. The van der Waals surface area contributed by atoms with Crippen LogP contribution < -0.4 is 5.56 Å². The molecule has 1 N–H and O–H groups in total. The Morgan fingerprint density at radius 1 is 1.54 bits per heavy atom. The van der Waals surface area contributed by atoms with E-state index in [-0.39, 0.29) is 0 Å². The molecule has 13 heavy (non-hydrogen) atoms. The monoisotopic (exact) mass is 188 g/mol. The first-order valence-corrected chi connectivity index (χ1v) is 3.17. The van der Waals surface area contributed by atoms with E-state index in [1.165, 1.54) is 6.07 Å². The lowest BCUT2D eigenvalue weighted by atomic mass is 10.2. The van der Waals surface area contributed by atoms with Gasteiger partial charge in [0, 0.05) is 6.07 Å². The highest BCUT2D eigenvalue weighted by Gasteiger charge is 2.17. The predicted octanol–water partition coefficient (Wildman–Crippen LogP) is 1.32. The largest absolute Gasteiger partial charge is 0.319 e. The number of hydrogen-bond acceptors (Lipinski definition) is 2. The van der Waals surface area contributed by atoms with Gasteiger partial charge in [0.2, 0.25) is 5.56 Å². The average Bonchev–Trinajstić information content (AvgIpc) is 2.08. The average molecular weight is 188 g/mol. The van der Waals surface area contributed by atoms with Crippen molar-refractivity contribution in [3.63, 3.8) is 0 Å². The summed E-state index contributed by atoms with van der Waals surface area (Å²) < 4.78 is 36.8. The number of nitrogens with one attached hydrogen (secondary N) is 1. The molecular weight excluding hydrogens is 185 g/mol. The van der Waals surface area contributed by atoms with Crippen molar-refractivity contribution < 1.29 is 13.2 Å². The zero-order chi connectivity index (χ0) is 10.0. The molecule has 0 radical (unpaired) electrons. The summed E-state index contributed by atoms with van der Waals surface area (Å²) >= 11 is 0. The van der Waals surface area contributed by atoms with Crippen LogP contribution in [0.2, 0.25) is 0 Å². The topological polar surface area (TPSA) is 56.6 Å². The molecule has 1 heterocycles. The van der Waals surface area contributed by atoms with Gasteiger partial charge in [-0.25, -0.2) is 13.2 Å². The van der Waals surface area contributed by atoms with Crippen molar-refractivity contribution >= 4 is 0 Å². The van der Waals surface area contributed by atoms with Crippen LogP contribution >= 0.6 is 0 Å². The van der Waals surface area contributed by atoms with Gasteiger partial charge in [-0.15, -0.1) is 0 Å². The zero-order valence-corrected chi connectivity index (χ0v) is 6.14. The molecule has 0 amide bonds. The molecule has 0 aliphatic heterocycles. The SMILES string of the molecule is N#Cc1cc(=O)[nH]c(C(F)F)c1F. The second kappa shape index (κ2) is 3.31. The highest BCUT2D eigenvalue weighted by molar-refractivity contribution is 5.31. The predicted molar refractivity (Wildman–Crippen MR) is 36.7 cm³/mol. The summed E-state index contributed by atoms with van der Waals surface area (Å²) in [5, 5.41) is 8.26. The van der Waals surface area contributed by atoms with E-state index in [1.807, 2.05) is 0 Å². The van der Waals surface area contributed by atoms with Crippen LogP contribution in [-0.2, 0) is 0 Å². The lowest BCUT2D eigenvalue weighted by Crippen LogP contribution is -2.12. The van der Waals surface area contributed by atoms with Crippen LogP contribution in [0.25, 0.3) is 0 Å². The van der Waals surface area contributed by atoms with Gasteiger partial charge in [-0.2, -0.15) is 5.26 Å². The molecule has 0 aliphatic carbocycles. The second-order valence-corrected chi connectivity index (χ2v) is 2.19. The second-order valence-electron chi connectivity index (χ2n) is 2.19. The Balaban J connectivity index is 3.47. The van der Waals surface area contributed by atoms with Crippen molar-refractivity contribution in [1.29, 1.82) is 5.26 Å². The number of alkyl halides is 2. The van der Waals surface area contributed by atoms with Crippen molar-refractivity contribution in [3.8, 4) is 6.07 Å². The molecule has 0 spiro atoms. The van der Waals surface area contributed by atoms with E-state index in [2.05, 4.69) is 0 Å². The molecule has 1 aromatic heterocycles. The van der Waals surface area contributed by atoms with E-state index in [4.69, 9.17) is 5.26 Å². The molecule has 0 aliphatic rings.